The number of hydrogen-bond acceptors (Lipinski definition) is 3. The highest BCUT2D eigenvalue weighted by Gasteiger charge is 2.19. The van der Waals surface area contributed by atoms with Crippen LogP contribution in [0.5, 0.6) is 5.88 Å². The summed E-state index contributed by atoms with van der Waals surface area (Å²) in [6.07, 6.45) is 8.14. The van der Waals surface area contributed by atoms with Gasteiger partial charge in [-0.15, -0.1) is 0 Å². The van der Waals surface area contributed by atoms with Gasteiger partial charge in [0.05, 0.1) is 12.8 Å². The van der Waals surface area contributed by atoms with E-state index in [1.165, 1.54) is 38.5 Å². The second-order valence-corrected chi connectivity index (χ2v) is 5.56. The van der Waals surface area contributed by atoms with Gasteiger partial charge < -0.3 is 10.1 Å². The zero-order valence-electron chi connectivity index (χ0n) is 12.2. The molecule has 1 heterocycles. The van der Waals surface area contributed by atoms with Gasteiger partial charge in [-0.05, 0) is 37.7 Å². The quantitative estimate of drug-likeness (QED) is 0.851. The van der Waals surface area contributed by atoms with E-state index in [1.807, 2.05) is 12.1 Å². The number of methoxy groups -OCH3 is 1. The molecule has 1 saturated carbocycles. The Bertz CT molecular complexity index is 373. The Labute approximate surface area is 116 Å². The number of aromatic nitrogens is 1. The minimum Gasteiger partial charge on any atom is -0.481 e. The van der Waals surface area contributed by atoms with Crippen LogP contribution in [0.4, 0.5) is 0 Å². The third-order valence-electron chi connectivity index (χ3n) is 4.11. The van der Waals surface area contributed by atoms with Gasteiger partial charge in [0.25, 0.3) is 0 Å². The number of nitrogens with one attached hydrogen (secondary N) is 1. The topological polar surface area (TPSA) is 34.1 Å². The molecule has 1 N–H and O–H groups in total. The minimum atomic E-state index is 0.668. The first kappa shape index (κ1) is 14.3. The third-order valence-corrected chi connectivity index (χ3v) is 4.11. The Kier molecular flexibility index (Phi) is 5.64. The standard InChI is InChI=1S/C16H26N2O/c1-3-5-13-8-10-14(11-9-13)17-12-15-6-4-7-16(18-15)19-2/h4,6-7,13-14,17H,3,5,8-12H2,1-2H3. The molecule has 0 aromatic carbocycles. The maximum absolute atomic E-state index is 5.15. The lowest BCUT2D eigenvalue weighted by Crippen LogP contribution is -2.33. The molecule has 19 heavy (non-hydrogen) atoms. The first-order valence-electron chi connectivity index (χ1n) is 7.55. The third kappa shape index (κ3) is 4.50. The molecule has 0 unspecified atom stereocenters. The molecule has 3 nitrogen and oxygen atoms in total. The molecule has 1 aromatic heterocycles. The van der Waals surface area contributed by atoms with Crippen molar-refractivity contribution >= 4 is 0 Å². The van der Waals surface area contributed by atoms with Crippen LogP contribution in [0.15, 0.2) is 18.2 Å². The van der Waals surface area contributed by atoms with Crippen LogP contribution in [0, 0.1) is 5.92 Å². The highest BCUT2D eigenvalue weighted by Crippen LogP contribution is 2.27. The Morgan fingerprint density at radius 3 is 2.74 bits per heavy atom. The number of pyridine rings is 1. The molecule has 1 fully saturated rings. The molecule has 0 spiro atoms. The minimum absolute atomic E-state index is 0.668. The smallest absolute Gasteiger partial charge is 0.213 e. The van der Waals surface area contributed by atoms with Gasteiger partial charge >= 0.3 is 0 Å². The first-order chi connectivity index (χ1) is 9.31. The van der Waals surface area contributed by atoms with E-state index in [9.17, 15) is 0 Å². The Hall–Kier alpha value is -1.09. The molecular formula is C16H26N2O. The summed E-state index contributed by atoms with van der Waals surface area (Å²) in [6, 6.07) is 6.61. The van der Waals surface area contributed by atoms with E-state index in [0.717, 1.165) is 18.2 Å². The van der Waals surface area contributed by atoms with Crippen molar-refractivity contribution in [1.82, 2.24) is 10.3 Å². The van der Waals surface area contributed by atoms with Crippen LogP contribution < -0.4 is 10.1 Å². The van der Waals surface area contributed by atoms with Crippen molar-refractivity contribution in [2.45, 2.75) is 58.0 Å². The predicted octanol–water partition coefficient (Wildman–Crippen LogP) is 3.54. The van der Waals surface area contributed by atoms with Crippen LogP contribution in [0.2, 0.25) is 0 Å². The monoisotopic (exact) mass is 262 g/mol. The van der Waals surface area contributed by atoms with Gasteiger partial charge in [0, 0.05) is 18.7 Å². The van der Waals surface area contributed by atoms with Crippen molar-refractivity contribution in [2.75, 3.05) is 7.11 Å². The fourth-order valence-corrected chi connectivity index (χ4v) is 2.98. The van der Waals surface area contributed by atoms with E-state index in [1.54, 1.807) is 7.11 Å². The molecule has 2 rings (SSSR count). The Morgan fingerprint density at radius 2 is 2.05 bits per heavy atom. The Balaban J connectivity index is 1.74. The van der Waals surface area contributed by atoms with Crippen LogP contribution in [-0.4, -0.2) is 18.1 Å². The number of nitrogens with zero attached hydrogens (tertiary/aromatic N) is 1. The van der Waals surface area contributed by atoms with Gasteiger partial charge in [-0.1, -0.05) is 25.8 Å². The van der Waals surface area contributed by atoms with Crippen molar-refractivity contribution in [3.05, 3.63) is 23.9 Å². The molecule has 0 amide bonds. The van der Waals surface area contributed by atoms with Crippen molar-refractivity contribution < 1.29 is 4.74 Å². The van der Waals surface area contributed by atoms with Gasteiger partial charge in [0.2, 0.25) is 5.88 Å². The summed E-state index contributed by atoms with van der Waals surface area (Å²) in [6.45, 7) is 3.14. The summed E-state index contributed by atoms with van der Waals surface area (Å²) in [5, 5.41) is 3.63. The summed E-state index contributed by atoms with van der Waals surface area (Å²) in [4.78, 5) is 4.44. The lowest BCUT2D eigenvalue weighted by molar-refractivity contribution is 0.277. The lowest BCUT2D eigenvalue weighted by atomic mass is 9.83. The second kappa shape index (κ2) is 7.49. The van der Waals surface area contributed by atoms with Crippen LogP contribution in [0.25, 0.3) is 0 Å². The summed E-state index contributed by atoms with van der Waals surface area (Å²) >= 11 is 0. The fourth-order valence-electron chi connectivity index (χ4n) is 2.98. The molecule has 1 aromatic rings. The van der Waals surface area contributed by atoms with Gasteiger partial charge in [0.15, 0.2) is 0 Å². The van der Waals surface area contributed by atoms with E-state index in [2.05, 4.69) is 23.3 Å². The van der Waals surface area contributed by atoms with E-state index >= 15 is 0 Å². The SMILES string of the molecule is CCCC1CCC(NCc2cccc(OC)n2)CC1. The second-order valence-electron chi connectivity index (χ2n) is 5.56. The highest BCUT2D eigenvalue weighted by atomic mass is 16.5. The maximum atomic E-state index is 5.15. The number of rotatable bonds is 6. The summed E-state index contributed by atoms with van der Waals surface area (Å²) in [5.41, 5.74) is 1.06. The van der Waals surface area contributed by atoms with E-state index < -0.39 is 0 Å². The number of ether oxygens (including phenoxy) is 1. The molecular weight excluding hydrogens is 236 g/mol. The number of hydrogen-bond donors (Lipinski definition) is 1. The maximum Gasteiger partial charge on any atom is 0.213 e. The van der Waals surface area contributed by atoms with Crippen molar-refractivity contribution in [3.63, 3.8) is 0 Å². The molecule has 0 bridgehead atoms. The van der Waals surface area contributed by atoms with Gasteiger partial charge in [-0.3, -0.25) is 0 Å². The molecule has 1 aliphatic rings. The average molecular weight is 262 g/mol. The highest BCUT2D eigenvalue weighted by molar-refractivity contribution is 5.15. The van der Waals surface area contributed by atoms with Gasteiger partial charge in [0.1, 0.15) is 0 Å². The summed E-state index contributed by atoms with van der Waals surface area (Å²) in [5.74, 6) is 1.67. The normalized spacial score (nSPS) is 23.3. The van der Waals surface area contributed by atoms with Crippen molar-refractivity contribution in [3.8, 4) is 5.88 Å². The molecule has 3 heteroatoms. The van der Waals surface area contributed by atoms with Crippen molar-refractivity contribution in [2.24, 2.45) is 5.92 Å². The van der Waals surface area contributed by atoms with E-state index in [-0.39, 0.29) is 0 Å². The average Bonchev–Trinajstić information content (AvgIpc) is 2.47. The van der Waals surface area contributed by atoms with Crippen LogP contribution in [0.3, 0.4) is 0 Å². The molecule has 0 radical (unpaired) electrons. The van der Waals surface area contributed by atoms with Crippen LogP contribution in [0.1, 0.15) is 51.1 Å². The van der Waals surface area contributed by atoms with Gasteiger partial charge in [-0.2, -0.15) is 0 Å². The summed E-state index contributed by atoms with van der Waals surface area (Å²) in [7, 11) is 1.66. The lowest BCUT2D eigenvalue weighted by Gasteiger charge is -2.29. The van der Waals surface area contributed by atoms with Crippen LogP contribution >= 0.6 is 0 Å². The molecule has 0 aliphatic heterocycles. The van der Waals surface area contributed by atoms with Gasteiger partial charge in [-0.25, -0.2) is 4.98 Å². The van der Waals surface area contributed by atoms with E-state index in [4.69, 9.17) is 4.74 Å². The molecule has 1 aliphatic carbocycles. The molecule has 0 atom stereocenters. The fraction of sp³-hybridized carbons (Fsp3) is 0.688. The van der Waals surface area contributed by atoms with E-state index in [0.29, 0.717) is 11.9 Å². The van der Waals surface area contributed by atoms with Crippen LogP contribution in [-0.2, 0) is 6.54 Å². The zero-order valence-corrected chi connectivity index (χ0v) is 12.2. The first-order valence-corrected chi connectivity index (χ1v) is 7.55. The summed E-state index contributed by atoms with van der Waals surface area (Å²) < 4.78 is 5.15. The zero-order chi connectivity index (χ0) is 13.5. The Morgan fingerprint density at radius 1 is 1.26 bits per heavy atom. The molecule has 106 valence electrons. The predicted molar refractivity (Wildman–Crippen MR) is 78.3 cm³/mol. The van der Waals surface area contributed by atoms with Crippen molar-refractivity contribution in [1.29, 1.82) is 0 Å². The molecule has 0 saturated heterocycles. The largest absolute Gasteiger partial charge is 0.481 e.